The van der Waals surface area contributed by atoms with Gasteiger partial charge in [0.25, 0.3) is 5.91 Å². The van der Waals surface area contributed by atoms with Crippen LogP contribution in [0.4, 0.5) is 24.7 Å². The first kappa shape index (κ1) is 21.8. The molecule has 9 heteroatoms. The second kappa shape index (κ2) is 8.96. The van der Waals surface area contributed by atoms with Crippen molar-refractivity contribution in [3.8, 4) is 11.3 Å². The second-order valence-corrected chi connectivity index (χ2v) is 7.67. The smallest absolute Gasteiger partial charge is 0.353 e. The lowest BCUT2D eigenvalue weighted by Crippen LogP contribution is -2.44. The molecule has 2 aromatic carbocycles. The number of nitrogens with one attached hydrogen (secondary N) is 1. The highest BCUT2D eigenvalue weighted by Gasteiger charge is 2.30. The van der Waals surface area contributed by atoms with Crippen LogP contribution >= 0.6 is 0 Å². The van der Waals surface area contributed by atoms with Gasteiger partial charge in [0.15, 0.2) is 5.82 Å². The molecule has 1 aliphatic rings. The Hall–Kier alpha value is -3.46. The van der Waals surface area contributed by atoms with Crippen molar-refractivity contribution in [1.82, 2.24) is 15.1 Å². The third-order valence-electron chi connectivity index (χ3n) is 5.39. The summed E-state index contributed by atoms with van der Waals surface area (Å²) in [6.07, 6.45) is -4.43. The van der Waals surface area contributed by atoms with Gasteiger partial charge in [0.1, 0.15) is 0 Å². The molecule has 0 spiro atoms. The number of alkyl halides is 3. The van der Waals surface area contributed by atoms with E-state index in [9.17, 15) is 18.0 Å². The minimum Gasteiger partial charge on any atom is -0.353 e. The first-order valence-electron chi connectivity index (χ1n) is 10.2. The van der Waals surface area contributed by atoms with E-state index in [2.05, 4.69) is 32.4 Å². The van der Waals surface area contributed by atoms with E-state index in [-0.39, 0.29) is 5.56 Å². The van der Waals surface area contributed by atoms with Crippen molar-refractivity contribution in [3.05, 3.63) is 71.8 Å². The molecule has 2 heterocycles. The number of hydrogen-bond donors (Lipinski definition) is 1. The van der Waals surface area contributed by atoms with Gasteiger partial charge >= 0.3 is 6.18 Å². The van der Waals surface area contributed by atoms with Crippen molar-refractivity contribution in [1.29, 1.82) is 0 Å². The van der Waals surface area contributed by atoms with Crippen LogP contribution < -0.4 is 10.2 Å². The molecule has 0 aliphatic carbocycles. The highest BCUT2D eigenvalue weighted by Crippen LogP contribution is 2.29. The number of amides is 1. The van der Waals surface area contributed by atoms with Gasteiger partial charge in [-0.05, 0) is 55.6 Å². The van der Waals surface area contributed by atoms with Gasteiger partial charge in [0.2, 0.25) is 0 Å². The predicted octanol–water partition coefficient (Wildman–Crippen LogP) is 4.17. The van der Waals surface area contributed by atoms with E-state index < -0.39 is 17.6 Å². The summed E-state index contributed by atoms with van der Waals surface area (Å²) in [5.74, 6) is 0.366. The van der Waals surface area contributed by atoms with Gasteiger partial charge in [-0.3, -0.25) is 4.79 Å². The molecule has 6 nitrogen and oxygen atoms in total. The molecule has 1 N–H and O–H groups in total. The Labute approximate surface area is 183 Å². The van der Waals surface area contributed by atoms with Crippen LogP contribution in [0, 0.1) is 0 Å². The van der Waals surface area contributed by atoms with E-state index >= 15 is 0 Å². The largest absolute Gasteiger partial charge is 0.416 e. The highest BCUT2D eigenvalue weighted by atomic mass is 19.4. The molecule has 1 aromatic heterocycles. The molecule has 3 aromatic rings. The topological polar surface area (TPSA) is 61.4 Å². The van der Waals surface area contributed by atoms with Crippen molar-refractivity contribution in [2.75, 3.05) is 43.4 Å². The monoisotopic (exact) mass is 441 g/mol. The van der Waals surface area contributed by atoms with Gasteiger partial charge in [-0.15, -0.1) is 10.2 Å². The van der Waals surface area contributed by atoms with Crippen molar-refractivity contribution in [2.24, 2.45) is 0 Å². The van der Waals surface area contributed by atoms with Crippen molar-refractivity contribution < 1.29 is 18.0 Å². The average molecular weight is 441 g/mol. The Bertz CT molecular complexity index is 1060. The normalized spacial score (nSPS) is 14.9. The number of likely N-dealkylation sites (N-methyl/N-ethyl adjacent to an activating group) is 1. The van der Waals surface area contributed by atoms with Crippen molar-refractivity contribution >= 4 is 17.4 Å². The molecule has 0 saturated carbocycles. The molecule has 0 unspecified atom stereocenters. The zero-order valence-corrected chi connectivity index (χ0v) is 17.4. The van der Waals surface area contributed by atoms with Crippen LogP contribution in [0.25, 0.3) is 11.3 Å². The molecule has 1 saturated heterocycles. The first-order chi connectivity index (χ1) is 15.3. The number of halogens is 3. The molecular weight excluding hydrogens is 419 g/mol. The third-order valence-corrected chi connectivity index (χ3v) is 5.39. The first-order valence-corrected chi connectivity index (χ1v) is 10.2. The third kappa shape index (κ3) is 5.05. The molecule has 4 rings (SSSR count). The fourth-order valence-electron chi connectivity index (χ4n) is 3.42. The van der Waals surface area contributed by atoms with E-state index in [4.69, 9.17) is 0 Å². The van der Waals surface area contributed by atoms with Crippen LogP contribution in [0.15, 0.2) is 60.7 Å². The maximum atomic E-state index is 12.7. The predicted molar refractivity (Wildman–Crippen MR) is 117 cm³/mol. The van der Waals surface area contributed by atoms with E-state index in [0.29, 0.717) is 11.4 Å². The molecule has 1 aliphatic heterocycles. The lowest BCUT2D eigenvalue weighted by Gasteiger charge is -2.32. The van der Waals surface area contributed by atoms with Gasteiger partial charge in [-0.1, -0.05) is 12.1 Å². The molecule has 0 atom stereocenters. The molecular formula is C23H22F3N5O. The van der Waals surface area contributed by atoms with E-state index in [1.54, 1.807) is 12.1 Å². The van der Waals surface area contributed by atoms with Gasteiger partial charge in [-0.25, -0.2) is 0 Å². The number of hydrogen-bond acceptors (Lipinski definition) is 5. The Morgan fingerprint density at radius 1 is 0.875 bits per heavy atom. The summed E-state index contributed by atoms with van der Waals surface area (Å²) in [4.78, 5) is 16.8. The quantitative estimate of drug-likeness (QED) is 0.659. The fourth-order valence-corrected chi connectivity index (χ4v) is 3.42. The number of rotatable bonds is 4. The SMILES string of the molecule is CN1CCN(c2ccc(-c3ccc(NC(=O)c4ccc(C(F)(F)F)cc4)cc3)nn2)CC1. The van der Waals surface area contributed by atoms with Gasteiger partial charge in [-0.2, -0.15) is 13.2 Å². The van der Waals surface area contributed by atoms with Crippen LogP contribution in [0.5, 0.6) is 0 Å². The van der Waals surface area contributed by atoms with Crippen LogP contribution in [0.1, 0.15) is 15.9 Å². The van der Waals surface area contributed by atoms with E-state index in [1.807, 2.05) is 24.3 Å². The van der Waals surface area contributed by atoms with Gasteiger partial charge in [0, 0.05) is 43.0 Å². The molecule has 1 fully saturated rings. The standard InChI is InChI=1S/C23H22F3N5O/c1-30-12-14-31(15-13-30)21-11-10-20(28-29-21)16-4-8-19(9-5-16)27-22(32)17-2-6-18(7-3-17)23(24,25)26/h2-11H,12-15H2,1H3,(H,27,32). The zero-order valence-electron chi connectivity index (χ0n) is 17.4. The minimum absolute atomic E-state index is 0.146. The second-order valence-electron chi connectivity index (χ2n) is 7.67. The fraction of sp³-hybridized carbons (Fsp3) is 0.261. The number of benzene rings is 2. The van der Waals surface area contributed by atoms with E-state index in [1.165, 1.54) is 0 Å². The molecule has 166 valence electrons. The summed E-state index contributed by atoms with van der Waals surface area (Å²) in [5, 5.41) is 11.4. The van der Waals surface area contributed by atoms with Gasteiger partial charge in [0.05, 0.1) is 11.3 Å². The number of carbonyl (C=O) groups is 1. The molecule has 0 bridgehead atoms. The maximum absolute atomic E-state index is 12.7. The lowest BCUT2D eigenvalue weighted by atomic mass is 10.1. The maximum Gasteiger partial charge on any atom is 0.416 e. The number of nitrogens with zero attached hydrogens (tertiary/aromatic N) is 4. The van der Waals surface area contributed by atoms with Crippen molar-refractivity contribution in [2.45, 2.75) is 6.18 Å². The minimum atomic E-state index is -4.43. The zero-order chi connectivity index (χ0) is 22.7. The highest BCUT2D eigenvalue weighted by molar-refractivity contribution is 6.04. The Kier molecular flexibility index (Phi) is 6.09. The van der Waals surface area contributed by atoms with E-state index in [0.717, 1.165) is 61.8 Å². The Morgan fingerprint density at radius 2 is 1.53 bits per heavy atom. The number of carbonyl (C=O) groups excluding carboxylic acids is 1. The number of anilines is 2. The Balaban J connectivity index is 1.39. The molecule has 32 heavy (non-hydrogen) atoms. The summed E-state index contributed by atoms with van der Waals surface area (Å²) < 4.78 is 38.0. The number of piperazine rings is 1. The summed E-state index contributed by atoms with van der Waals surface area (Å²) in [5.41, 5.74) is 1.43. The van der Waals surface area contributed by atoms with Crippen LogP contribution in [-0.2, 0) is 6.18 Å². The summed E-state index contributed by atoms with van der Waals surface area (Å²) in [7, 11) is 2.10. The van der Waals surface area contributed by atoms with Gasteiger partial charge < -0.3 is 15.1 Å². The Morgan fingerprint density at radius 3 is 2.09 bits per heavy atom. The van der Waals surface area contributed by atoms with Crippen LogP contribution in [0.2, 0.25) is 0 Å². The van der Waals surface area contributed by atoms with Crippen LogP contribution in [0.3, 0.4) is 0 Å². The van der Waals surface area contributed by atoms with Crippen LogP contribution in [-0.4, -0.2) is 54.2 Å². The summed E-state index contributed by atoms with van der Waals surface area (Å²) in [6, 6.07) is 15.0. The van der Waals surface area contributed by atoms with Crippen molar-refractivity contribution in [3.63, 3.8) is 0 Å². The molecule has 1 amide bonds. The lowest BCUT2D eigenvalue weighted by molar-refractivity contribution is -0.137. The average Bonchev–Trinajstić information content (AvgIpc) is 2.80. The summed E-state index contributed by atoms with van der Waals surface area (Å²) in [6.45, 7) is 3.81. The molecule has 0 radical (unpaired) electrons. The number of aromatic nitrogens is 2. The summed E-state index contributed by atoms with van der Waals surface area (Å²) >= 11 is 0.